The van der Waals surface area contributed by atoms with Crippen molar-refractivity contribution in [3.05, 3.63) is 35.9 Å². The molecule has 4 amide bonds. The average molecular weight is 497 g/mol. The SMILES string of the molecule is O=[C][C@@H]1CCCN1C(=O)[C@@H]1CCCN1C(=O)[C@H](Cc1ccccc1)NC(=O)CNC(=O)[C@@H]1CCCN1. The molecule has 0 spiro atoms. The van der Waals surface area contributed by atoms with Crippen molar-refractivity contribution in [2.24, 2.45) is 0 Å². The van der Waals surface area contributed by atoms with Crippen molar-refractivity contribution in [2.45, 2.75) is 69.1 Å². The van der Waals surface area contributed by atoms with Crippen molar-refractivity contribution >= 4 is 29.9 Å². The number of likely N-dealkylation sites (tertiary alicyclic amines) is 2. The molecule has 0 bridgehead atoms. The second kappa shape index (κ2) is 12.1. The lowest BCUT2D eigenvalue weighted by Gasteiger charge is -2.32. The number of benzene rings is 1. The van der Waals surface area contributed by atoms with Crippen molar-refractivity contribution in [3.8, 4) is 0 Å². The van der Waals surface area contributed by atoms with E-state index >= 15 is 0 Å². The highest BCUT2D eigenvalue weighted by molar-refractivity contribution is 5.94. The van der Waals surface area contributed by atoms with E-state index in [4.69, 9.17) is 0 Å². The van der Waals surface area contributed by atoms with E-state index in [9.17, 15) is 24.0 Å². The quantitative estimate of drug-likeness (QED) is 0.430. The maximum Gasteiger partial charge on any atom is 0.246 e. The van der Waals surface area contributed by atoms with Crippen LogP contribution >= 0.6 is 0 Å². The van der Waals surface area contributed by atoms with E-state index < -0.39 is 24.0 Å². The predicted octanol–water partition coefficient (Wildman–Crippen LogP) is -0.326. The Morgan fingerprint density at radius 2 is 1.75 bits per heavy atom. The molecule has 0 aliphatic carbocycles. The standard InChI is InChI=1S/C26H34N5O5/c32-17-19-9-5-13-30(19)26(36)22-11-6-14-31(22)25(35)21(15-18-7-2-1-3-8-18)29-23(33)16-28-24(34)20-10-4-12-27-20/h1-3,7-8,19-22,27H,4-6,9-16H2,(H,28,34)(H,29,33)/t19-,20-,21-,22-/m0/s1. The Kier molecular flexibility index (Phi) is 8.69. The lowest BCUT2D eigenvalue weighted by molar-refractivity contribution is -0.145. The lowest BCUT2D eigenvalue weighted by atomic mass is 10.0. The number of nitrogens with one attached hydrogen (secondary N) is 3. The van der Waals surface area contributed by atoms with Gasteiger partial charge in [-0.15, -0.1) is 0 Å². The molecule has 4 atom stereocenters. The molecule has 10 nitrogen and oxygen atoms in total. The van der Waals surface area contributed by atoms with Gasteiger partial charge < -0.3 is 25.8 Å². The number of amides is 4. The van der Waals surface area contributed by atoms with Crippen molar-refractivity contribution in [3.63, 3.8) is 0 Å². The Morgan fingerprint density at radius 1 is 1.00 bits per heavy atom. The van der Waals surface area contributed by atoms with Crippen LogP contribution in [0.3, 0.4) is 0 Å². The summed E-state index contributed by atoms with van der Waals surface area (Å²) in [5, 5.41) is 8.52. The summed E-state index contributed by atoms with van der Waals surface area (Å²) in [6, 6.07) is 6.94. The minimum Gasteiger partial charge on any atom is -0.346 e. The first-order valence-electron chi connectivity index (χ1n) is 12.8. The van der Waals surface area contributed by atoms with Gasteiger partial charge in [0.25, 0.3) is 0 Å². The molecule has 1 radical (unpaired) electrons. The Balaban J connectivity index is 1.43. The molecule has 10 heteroatoms. The summed E-state index contributed by atoms with van der Waals surface area (Å²) < 4.78 is 0. The first-order valence-corrected chi connectivity index (χ1v) is 12.8. The molecule has 4 rings (SSSR count). The van der Waals surface area contributed by atoms with Gasteiger partial charge in [-0.05, 0) is 50.6 Å². The molecule has 3 fully saturated rings. The van der Waals surface area contributed by atoms with E-state index in [1.165, 1.54) is 9.80 Å². The van der Waals surface area contributed by atoms with Crippen LogP contribution < -0.4 is 16.0 Å². The molecule has 193 valence electrons. The fourth-order valence-electron chi connectivity index (χ4n) is 5.33. The van der Waals surface area contributed by atoms with E-state index in [1.54, 1.807) is 0 Å². The van der Waals surface area contributed by atoms with Gasteiger partial charge in [-0.3, -0.25) is 24.0 Å². The number of rotatable bonds is 9. The van der Waals surface area contributed by atoms with E-state index in [2.05, 4.69) is 16.0 Å². The van der Waals surface area contributed by atoms with Crippen molar-refractivity contribution in [1.82, 2.24) is 25.8 Å². The Bertz CT molecular complexity index is 965. The smallest absolute Gasteiger partial charge is 0.246 e. The van der Waals surface area contributed by atoms with Crippen molar-refractivity contribution in [2.75, 3.05) is 26.2 Å². The summed E-state index contributed by atoms with van der Waals surface area (Å²) in [5.74, 6) is -1.26. The lowest BCUT2D eigenvalue weighted by Crippen LogP contribution is -2.56. The van der Waals surface area contributed by atoms with Gasteiger partial charge in [-0.25, -0.2) is 0 Å². The molecule has 0 unspecified atom stereocenters. The zero-order valence-corrected chi connectivity index (χ0v) is 20.4. The molecule has 0 saturated carbocycles. The summed E-state index contributed by atoms with van der Waals surface area (Å²) in [6.45, 7) is 1.43. The number of hydrogen-bond acceptors (Lipinski definition) is 6. The molecular weight excluding hydrogens is 462 g/mol. The van der Waals surface area contributed by atoms with Crippen LogP contribution in [0.1, 0.15) is 44.1 Å². The Morgan fingerprint density at radius 3 is 2.47 bits per heavy atom. The molecule has 0 aromatic heterocycles. The van der Waals surface area contributed by atoms with Gasteiger partial charge in [0.15, 0.2) is 0 Å². The minimum atomic E-state index is -0.887. The molecule has 3 saturated heterocycles. The largest absolute Gasteiger partial charge is 0.346 e. The number of hydrogen-bond donors (Lipinski definition) is 3. The zero-order chi connectivity index (χ0) is 25.5. The van der Waals surface area contributed by atoms with Gasteiger partial charge in [0.05, 0.1) is 18.6 Å². The third-order valence-electron chi connectivity index (χ3n) is 7.21. The predicted molar refractivity (Wildman–Crippen MR) is 131 cm³/mol. The molecule has 3 aliphatic rings. The summed E-state index contributed by atoms with van der Waals surface area (Å²) in [4.78, 5) is 66.3. The normalized spacial score (nSPS) is 24.4. The summed E-state index contributed by atoms with van der Waals surface area (Å²) in [7, 11) is 0. The molecule has 1 aromatic rings. The average Bonchev–Trinajstić information content (AvgIpc) is 3.68. The van der Waals surface area contributed by atoms with Gasteiger partial charge >= 0.3 is 0 Å². The third-order valence-corrected chi connectivity index (χ3v) is 7.21. The van der Waals surface area contributed by atoms with Gasteiger partial charge in [0, 0.05) is 19.5 Å². The van der Waals surface area contributed by atoms with Gasteiger partial charge in [-0.1, -0.05) is 30.3 Å². The first kappa shape index (κ1) is 25.8. The Labute approximate surface area is 211 Å². The first-order chi connectivity index (χ1) is 17.5. The van der Waals surface area contributed by atoms with Crippen LogP contribution in [0.4, 0.5) is 0 Å². The van der Waals surface area contributed by atoms with Crippen LogP contribution in [0.25, 0.3) is 0 Å². The monoisotopic (exact) mass is 496 g/mol. The molecule has 3 N–H and O–H groups in total. The summed E-state index contributed by atoms with van der Waals surface area (Å²) in [5.41, 5.74) is 0.868. The van der Waals surface area contributed by atoms with E-state index in [0.717, 1.165) is 31.4 Å². The van der Waals surface area contributed by atoms with Crippen LogP contribution in [-0.2, 0) is 30.4 Å². The fourth-order valence-corrected chi connectivity index (χ4v) is 5.33. The van der Waals surface area contributed by atoms with Crippen LogP contribution in [-0.4, -0.2) is 90.1 Å². The highest BCUT2D eigenvalue weighted by Crippen LogP contribution is 2.25. The molecule has 36 heavy (non-hydrogen) atoms. The van der Waals surface area contributed by atoms with Crippen LogP contribution in [0.15, 0.2) is 30.3 Å². The summed E-state index contributed by atoms with van der Waals surface area (Å²) >= 11 is 0. The van der Waals surface area contributed by atoms with Crippen LogP contribution in [0.2, 0.25) is 0 Å². The van der Waals surface area contributed by atoms with E-state index in [0.29, 0.717) is 32.4 Å². The molecule has 3 heterocycles. The van der Waals surface area contributed by atoms with E-state index in [1.807, 2.05) is 36.6 Å². The van der Waals surface area contributed by atoms with Crippen molar-refractivity contribution in [1.29, 1.82) is 0 Å². The number of carbonyl (C=O) groups is 4. The molecule has 3 aliphatic heterocycles. The maximum absolute atomic E-state index is 13.7. The number of nitrogens with zero attached hydrogens (tertiary/aromatic N) is 2. The second-order valence-corrected chi connectivity index (χ2v) is 9.67. The topological polar surface area (TPSA) is 128 Å². The minimum absolute atomic E-state index is 0.229. The molecule has 1 aromatic carbocycles. The van der Waals surface area contributed by atoms with E-state index in [-0.39, 0.29) is 36.7 Å². The second-order valence-electron chi connectivity index (χ2n) is 9.67. The highest BCUT2D eigenvalue weighted by atomic mass is 16.2. The maximum atomic E-state index is 13.7. The number of carbonyl (C=O) groups excluding carboxylic acids is 5. The zero-order valence-electron chi connectivity index (χ0n) is 20.4. The van der Waals surface area contributed by atoms with Gasteiger partial charge in [0.2, 0.25) is 29.9 Å². The molecular formula is C26H34N5O5. The highest BCUT2D eigenvalue weighted by Gasteiger charge is 2.42. The van der Waals surface area contributed by atoms with Gasteiger partial charge in [0.1, 0.15) is 12.1 Å². The van der Waals surface area contributed by atoms with Gasteiger partial charge in [-0.2, -0.15) is 0 Å². The third kappa shape index (κ3) is 6.10. The summed E-state index contributed by atoms with van der Waals surface area (Å²) in [6.07, 6.45) is 6.36. The Hall–Kier alpha value is -3.27. The van der Waals surface area contributed by atoms with Crippen LogP contribution in [0, 0.1) is 0 Å². The fraction of sp³-hybridized carbons (Fsp3) is 0.577. The van der Waals surface area contributed by atoms with Crippen LogP contribution in [0.5, 0.6) is 0 Å². The van der Waals surface area contributed by atoms with Crippen molar-refractivity contribution < 1.29 is 24.0 Å².